The van der Waals surface area contributed by atoms with Crippen molar-refractivity contribution in [3.05, 3.63) is 41.6 Å². The molecular weight excluding hydrogens is 280 g/mol. The van der Waals surface area contributed by atoms with Gasteiger partial charge in [0.25, 0.3) is 0 Å². The van der Waals surface area contributed by atoms with E-state index in [9.17, 15) is 0 Å². The van der Waals surface area contributed by atoms with Crippen molar-refractivity contribution in [1.29, 1.82) is 0 Å². The molecule has 2 aromatic rings. The summed E-state index contributed by atoms with van der Waals surface area (Å²) in [5.74, 6) is 2.95. The van der Waals surface area contributed by atoms with E-state index >= 15 is 0 Å². The Morgan fingerprint density at radius 2 is 1.95 bits per heavy atom. The molecule has 2 N–H and O–H groups in total. The number of benzene rings is 1. The third-order valence-electron chi connectivity index (χ3n) is 3.65. The summed E-state index contributed by atoms with van der Waals surface area (Å²) in [7, 11) is 5.03. The van der Waals surface area contributed by atoms with Gasteiger partial charge in [-0.3, -0.25) is 0 Å². The number of aromatic amines is 1. The molecule has 1 aromatic carbocycles. The predicted octanol–water partition coefficient (Wildman–Crippen LogP) is 3.39. The van der Waals surface area contributed by atoms with Crippen LogP contribution in [0.4, 0.5) is 5.82 Å². The zero-order valence-electron chi connectivity index (χ0n) is 13.6. The highest BCUT2D eigenvalue weighted by atomic mass is 16.5. The molecule has 2 rings (SSSR count). The van der Waals surface area contributed by atoms with Crippen LogP contribution in [-0.4, -0.2) is 32.9 Å². The molecule has 0 saturated heterocycles. The monoisotopic (exact) mass is 304 g/mol. The second kappa shape index (κ2) is 7.75. The minimum absolute atomic E-state index is 0.368. The van der Waals surface area contributed by atoms with Crippen LogP contribution < -0.4 is 14.8 Å². The molecule has 5 nitrogen and oxygen atoms in total. The smallest absolute Gasteiger partial charge is 0.127 e. The van der Waals surface area contributed by atoms with E-state index in [1.165, 1.54) is 5.56 Å². The van der Waals surface area contributed by atoms with E-state index in [0.29, 0.717) is 19.1 Å². The molecule has 1 unspecified atom stereocenters. The Labute approximate surface area is 131 Å². The molecule has 1 atom stereocenters. The molecule has 0 aliphatic carbocycles. The minimum Gasteiger partial charge on any atom is -0.497 e. The van der Waals surface area contributed by atoms with Crippen LogP contribution in [0.15, 0.2) is 30.5 Å². The Hall–Kier alpha value is -2.14. The van der Waals surface area contributed by atoms with Crippen molar-refractivity contribution in [3.63, 3.8) is 0 Å². The predicted molar refractivity (Wildman–Crippen MR) is 88.0 cm³/mol. The zero-order chi connectivity index (χ0) is 15.9. The normalized spacial score (nSPS) is 12.0. The molecule has 1 heterocycles. The van der Waals surface area contributed by atoms with Crippen LogP contribution in [-0.2, 0) is 11.3 Å². The van der Waals surface area contributed by atoms with Crippen LogP contribution in [0, 0.1) is 0 Å². The lowest BCUT2D eigenvalue weighted by molar-refractivity contribution is 0.184. The van der Waals surface area contributed by atoms with E-state index in [-0.39, 0.29) is 0 Å². The molecule has 1 aromatic heterocycles. The van der Waals surface area contributed by atoms with Crippen LogP contribution in [0.25, 0.3) is 0 Å². The number of H-pyrrole nitrogens is 1. The molecule has 0 saturated carbocycles. The number of aromatic nitrogens is 1. The lowest BCUT2D eigenvalue weighted by Gasteiger charge is -2.11. The van der Waals surface area contributed by atoms with Gasteiger partial charge >= 0.3 is 0 Å². The highest BCUT2D eigenvalue weighted by Crippen LogP contribution is 2.26. The lowest BCUT2D eigenvalue weighted by Crippen LogP contribution is -2.02. The Balaban J connectivity index is 2.01. The first-order chi connectivity index (χ1) is 10.7. The van der Waals surface area contributed by atoms with Gasteiger partial charge in [0.2, 0.25) is 0 Å². The molecular formula is C17H24N2O3. The Morgan fingerprint density at radius 3 is 2.64 bits per heavy atom. The quantitative estimate of drug-likeness (QED) is 0.785. The molecule has 0 aliphatic heterocycles. The Morgan fingerprint density at radius 1 is 1.14 bits per heavy atom. The van der Waals surface area contributed by atoms with Gasteiger partial charge in [-0.05, 0) is 23.8 Å². The molecule has 22 heavy (non-hydrogen) atoms. The van der Waals surface area contributed by atoms with Gasteiger partial charge in [-0.1, -0.05) is 6.92 Å². The summed E-state index contributed by atoms with van der Waals surface area (Å²) in [5, 5.41) is 3.37. The van der Waals surface area contributed by atoms with Crippen LogP contribution >= 0.6 is 0 Å². The van der Waals surface area contributed by atoms with E-state index in [4.69, 9.17) is 14.2 Å². The summed E-state index contributed by atoms with van der Waals surface area (Å²) in [6.45, 7) is 3.53. The van der Waals surface area contributed by atoms with E-state index < -0.39 is 0 Å². The van der Waals surface area contributed by atoms with Gasteiger partial charge in [-0.25, -0.2) is 0 Å². The maximum Gasteiger partial charge on any atom is 0.127 e. The van der Waals surface area contributed by atoms with Crippen molar-refractivity contribution in [2.24, 2.45) is 0 Å². The summed E-state index contributed by atoms with van der Waals surface area (Å²) in [5.41, 5.74) is 2.30. The number of ether oxygens (including phenoxy) is 3. The van der Waals surface area contributed by atoms with Crippen molar-refractivity contribution in [2.75, 3.05) is 33.3 Å². The summed E-state index contributed by atoms with van der Waals surface area (Å²) in [4.78, 5) is 3.24. The summed E-state index contributed by atoms with van der Waals surface area (Å²) < 4.78 is 15.8. The number of rotatable bonds is 8. The maximum atomic E-state index is 5.40. The molecule has 120 valence electrons. The van der Waals surface area contributed by atoms with E-state index in [2.05, 4.69) is 23.3 Å². The average Bonchev–Trinajstić information content (AvgIpc) is 3.02. The fraction of sp³-hybridized carbons (Fsp3) is 0.412. The first-order valence-electron chi connectivity index (χ1n) is 7.30. The number of hydrogen-bond acceptors (Lipinski definition) is 4. The maximum absolute atomic E-state index is 5.40. The van der Waals surface area contributed by atoms with Crippen LogP contribution in [0.2, 0.25) is 0 Å². The van der Waals surface area contributed by atoms with Gasteiger partial charge in [0.1, 0.15) is 17.3 Å². The fourth-order valence-corrected chi connectivity index (χ4v) is 2.33. The molecule has 0 bridgehead atoms. The number of methoxy groups -OCH3 is 3. The highest BCUT2D eigenvalue weighted by Gasteiger charge is 2.09. The first-order valence-corrected chi connectivity index (χ1v) is 7.30. The van der Waals surface area contributed by atoms with Gasteiger partial charge in [-0.2, -0.15) is 0 Å². The van der Waals surface area contributed by atoms with Crippen molar-refractivity contribution < 1.29 is 14.2 Å². The fourth-order valence-electron chi connectivity index (χ4n) is 2.33. The number of anilines is 1. The molecule has 0 aliphatic rings. The van der Waals surface area contributed by atoms with Crippen LogP contribution in [0.3, 0.4) is 0 Å². The summed E-state index contributed by atoms with van der Waals surface area (Å²) in [6.07, 6.45) is 2.01. The number of hydrogen-bond donors (Lipinski definition) is 2. The molecule has 0 spiro atoms. The standard InChI is InChI=1S/C17H24N2O3/c1-12(11-20-2)14-7-17(19-10-14)18-9-13-5-6-15(21-3)8-16(13)22-4/h5-8,10,12,18-19H,9,11H2,1-4H3. The van der Waals surface area contributed by atoms with Gasteiger partial charge < -0.3 is 24.5 Å². The highest BCUT2D eigenvalue weighted by molar-refractivity contribution is 5.45. The van der Waals surface area contributed by atoms with E-state index in [0.717, 1.165) is 22.9 Å². The Kier molecular flexibility index (Phi) is 5.72. The number of nitrogens with one attached hydrogen (secondary N) is 2. The Bertz CT molecular complexity index is 595. The van der Waals surface area contributed by atoms with Crippen LogP contribution in [0.5, 0.6) is 11.5 Å². The third-order valence-corrected chi connectivity index (χ3v) is 3.65. The lowest BCUT2D eigenvalue weighted by atomic mass is 10.1. The topological polar surface area (TPSA) is 55.5 Å². The molecule has 0 amide bonds. The minimum atomic E-state index is 0.368. The second-order valence-corrected chi connectivity index (χ2v) is 5.23. The molecule has 0 fully saturated rings. The SMILES string of the molecule is COCC(C)c1c[nH]c(NCc2ccc(OC)cc2OC)c1. The third kappa shape index (κ3) is 3.95. The zero-order valence-corrected chi connectivity index (χ0v) is 13.6. The largest absolute Gasteiger partial charge is 0.497 e. The average molecular weight is 304 g/mol. The molecule has 0 radical (unpaired) electrons. The van der Waals surface area contributed by atoms with Crippen LogP contribution in [0.1, 0.15) is 24.0 Å². The molecule has 5 heteroatoms. The van der Waals surface area contributed by atoms with E-state index in [1.54, 1.807) is 21.3 Å². The van der Waals surface area contributed by atoms with Crippen molar-refractivity contribution in [2.45, 2.75) is 19.4 Å². The van der Waals surface area contributed by atoms with Gasteiger partial charge in [0.05, 0.1) is 20.8 Å². The van der Waals surface area contributed by atoms with Crippen molar-refractivity contribution in [1.82, 2.24) is 4.98 Å². The van der Waals surface area contributed by atoms with Gasteiger partial charge in [-0.15, -0.1) is 0 Å². The van der Waals surface area contributed by atoms with Gasteiger partial charge in [0.15, 0.2) is 0 Å². The van der Waals surface area contributed by atoms with Gasteiger partial charge in [0, 0.05) is 37.4 Å². The van der Waals surface area contributed by atoms with Crippen molar-refractivity contribution in [3.8, 4) is 11.5 Å². The van der Waals surface area contributed by atoms with Crippen molar-refractivity contribution >= 4 is 5.82 Å². The first kappa shape index (κ1) is 16.2. The summed E-state index contributed by atoms with van der Waals surface area (Å²) in [6, 6.07) is 7.93. The summed E-state index contributed by atoms with van der Waals surface area (Å²) >= 11 is 0. The second-order valence-electron chi connectivity index (χ2n) is 5.23. The van der Waals surface area contributed by atoms with E-state index in [1.807, 2.05) is 24.4 Å².